The fraction of sp³-hybridized carbons (Fsp3) is 0.933. The van der Waals surface area contributed by atoms with E-state index in [1.807, 2.05) is 0 Å². The number of nitrogens with one attached hydrogen (secondary N) is 2. The first kappa shape index (κ1) is 15.7. The molecule has 2 aliphatic rings. The van der Waals surface area contributed by atoms with Gasteiger partial charge in [0.15, 0.2) is 0 Å². The molecule has 2 rings (SSSR count). The van der Waals surface area contributed by atoms with Gasteiger partial charge in [0, 0.05) is 25.7 Å². The summed E-state index contributed by atoms with van der Waals surface area (Å²) >= 11 is 0. The van der Waals surface area contributed by atoms with E-state index in [4.69, 9.17) is 0 Å². The van der Waals surface area contributed by atoms with Crippen LogP contribution in [0.2, 0.25) is 0 Å². The first-order chi connectivity index (χ1) is 9.74. The molecule has 0 radical (unpaired) electrons. The summed E-state index contributed by atoms with van der Waals surface area (Å²) in [6, 6.07) is 0.255. The summed E-state index contributed by atoms with van der Waals surface area (Å²) in [6.07, 6.45) is 5.11. The van der Waals surface area contributed by atoms with E-state index in [2.05, 4.69) is 27.4 Å². The molecule has 0 aromatic carbocycles. The second-order valence-electron chi connectivity index (χ2n) is 6.21. The van der Waals surface area contributed by atoms with Crippen LogP contribution in [-0.2, 0) is 4.79 Å². The van der Waals surface area contributed by atoms with Crippen LogP contribution in [0.5, 0.6) is 0 Å². The van der Waals surface area contributed by atoms with E-state index in [-0.39, 0.29) is 11.9 Å². The molecule has 0 bridgehead atoms. The summed E-state index contributed by atoms with van der Waals surface area (Å²) in [4.78, 5) is 16.8. The summed E-state index contributed by atoms with van der Waals surface area (Å²) in [7, 11) is 0. The summed E-state index contributed by atoms with van der Waals surface area (Å²) in [5.74, 6) is 0.177. The van der Waals surface area contributed by atoms with Crippen LogP contribution in [0.25, 0.3) is 0 Å². The number of carbonyl (C=O) groups excluding carboxylic acids is 1. The lowest BCUT2D eigenvalue weighted by Crippen LogP contribution is -2.47. The molecular weight excluding hydrogens is 252 g/mol. The Morgan fingerprint density at radius 3 is 2.60 bits per heavy atom. The second-order valence-corrected chi connectivity index (χ2v) is 6.21. The number of hydrogen-bond donors (Lipinski definition) is 2. The van der Waals surface area contributed by atoms with Gasteiger partial charge in [0.05, 0.1) is 6.54 Å². The van der Waals surface area contributed by atoms with Crippen molar-refractivity contribution in [3.8, 4) is 0 Å². The molecule has 0 aromatic heterocycles. The second kappa shape index (κ2) is 8.60. The Labute approximate surface area is 123 Å². The van der Waals surface area contributed by atoms with E-state index in [1.165, 1.54) is 32.4 Å². The van der Waals surface area contributed by atoms with Crippen molar-refractivity contribution in [3.63, 3.8) is 0 Å². The van der Waals surface area contributed by atoms with Gasteiger partial charge in [-0.15, -0.1) is 0 Å². The molecule has 2 N–H and O–H groups in total. The van der Waals surface area contributed by atoms with Gasteiger partial charge < -0.3 is 15.5 Å². The highest BCUT2D eigenvalue weighted by Gasteiger charge is 2.17. The number of nitrogens with zero attached hydrogens (tertiary/aromatic N) is 2. The first-order valence-corrected chi connectivity index (χ1v) is 8.19. The summed E-state index contributed by atoms with van der Waals surface area (Å²) in [6.45, 7) is 10.1. The molecule has 20 heavy (non-hydrogen) atoms. The van der Waals surface area contributed by atoms with Gasteiger partial charge >= 0.3 is 0 Å². The predicted octanol–water partition coefficient (Wildman–Crippen LogP) is 0.272. The maximum absolute atomic E-state index is 12.1. The predicted molar refractivity (Wildman–Crippen MR) is 81.8 cm³/mol. The smallest absolute Gasteiger partial charge is 0.234 e. The average Bonchev–Trinajstić information content (AvgIpc) is 2.68. The highest BCUT2D eigenvalue weighted by atomic mass is 16.2. The molecule has 5 nitrogen and oxygen atoms in total. The van der Waals surface area contributed by atoms with Crippen molar-refractivity contribution >= 4 is 5.91 Å². The van der Waals surface area contributed by atoms with Crippen molar-refractivity contribution in [3.05, 3.63) is 0 Å². The topological polar surface area (TPSA) is 47.6 Å². The van der Waals surface area contributed by atoms with Crippen molar-refractivity contribution in [2.24, 2.45) is 0 Å². The molecule has 0 aromatic rings. The van der Waals surface area contributed by atoms with Crippen LogP contribution in [-0.4, -0.2) is 74.1 Å². The van der Waals surface area contributed by atoms with Crippen molar-refractivity contribution in [1.29, 1.82) is 0 Å². The number of likely N-dealkylation sites (tertiary alicyclic amines) is 1. The van der Waals surface area contributed by atoms with Gasteiger partial charge in [-0.3, -0.25) is 9.69 Å². The summed E-state index contributed by atoms with van der Waals surface area (Å²) in [5.41, 5.74) is 0. The van der Waals surface area contributed by atoms with Gasteiger partial charge in [-0.05, 0) is 52.4 Å². The van der Waals surface area contributed by atoms with Gasteiger partial charge in [-0.1, -0.05) is 6.42 Å². The fourth-order valence-electron chi connectivity index (χ4n) is 3.16. The van der Waals surface area contributed by atoms with Gasteiger partial charge in [-0.2, -0.15) is 0 Å². The summed E-state index contributed by atoms with van der Waals surface area (Å²) in [5, 5.41) is 6.52. The Morgan fingerprint density at radius 2 is 1.80 bits per heavy atom. The normalized spacial score (nSPS) is 24.1. The van der Waals surface area contributed by atoms with Crippen LogP contribution in [0.15, 0.2) is 0 Å². The minimum absolute atomic E-state index is 0.177. The maximum Gasteiger partial charge on any atom is 0.234 e. The third kappa shape index (κ3) is 5.77. The van der Waals surface area contributed by atoms with Crippen LogP contribution < -0.4 is 10.6 Å². The van der Waals surface area contributed by atoms with Gasteiger partial charge in [-0.25, -0.2) is 0 Å². The monoisotopic (exact) mass is 282 g/mol. The van der Waals surface area contributed by atoms with Crippen molar-refractivity contribution in [1.82, 2.24) is 20.4 Å². The minimum Gasteiger partial charge on any atom is -0.351 e. The van der Waals surface area contributed by atoms with E-state index >= 15 is 0 Å². The van der Waals surface area contributed by atoms with E-state index < -0.39 is 0 Å². The standard InChI is InChI=1S/C15H30N4O/c1-14(12-18-8-3-2-4-9-18)17-15(20)13-19-10-5-6-16-7-11-19/h14,16H,2-13H2,1H3,(H,17,20). The van der Waals surface area contributed by atoms with Gasteiger partial charge in [0.2, 0.25) is 5.91 Å². The molecule has 1 unspecified atom stereocenters. The lowest BCUT2D eigenvalue weighted by atomic mass is 10.1. The number of rotatable bonds is 5. The summed E-state index contributed by atoms with van der Waals surface area (Å²) < 4.78 is 0. The minimum atomic E-state index is 0.177. The zero-order valence-electron chi connectivity index (χ0n) is 12.9. The van der Waals surface area contributed by atoms with Crippen molar-refractivity contribution in [2.45, 2.75) is 38.6 Å². The van der Waals surface area contributed by atoms with E-state index in [0.29, 0.717) is 6.54 Å². The lowest BCUT2D eigenvalue weighted by molar-refractivity contribution is -0.122. The lowest BCUT2D eigenvalue weighted by Gasteiger charge is -2.29. The third-order valence-electron chi connectivity index (χ3n) is 4.19. The molecule has 0 spiro atoms. The van der Waals surface area contributed by atoms with Gasteiger partial charge in [0.25, 0.3) is 0 Å². The highest BCUT2D eigenvalue weighted by molar-refractivity contribution is 5.78. The molecule has 5 heteroatoms. The molecule has 1 amide bonds. The van der Waals surface area contributed by atoms with Crippen LogP contribution in [0, 0.1) is 0 Å². The zero-order valence-corrected chi connectivity index (χ0v) is 12.9. The first-order valence-electron chi connectivity index (χ1n) is 8.19. The van der Waals surface area contributed by atoms with E-state index in [1.54, 1.807) is 0 Å². The maximum atomic E-state index is 12.1. The largest absolute Gasteiger partial charge is 0.351 e. The Balaban J connectivity index is 1.64. The van der Waals surface area contributed by atoms with Crippen molar-refractivity contribution in [2.75, 3.05) is 52.4 Å². The fourth-order valence-corrected chi connectivity index (χ4v) is 3.16. The van der Waals surface area contributed by atoms with Crippen molar-refractivity contribution < 1.29 is 4.79 Å². The number of carbonyl (C=O) groups is 1. The molecular formula is C15H30N4O. The van der Waals surface area contributed by atoms with Gasteiger partial charge in [0.1, 0.15) is 0 Å². The van der Waals surface area contributed by atoms with E-state index in [9.17, 15) is 4.79 Å². The molecule has 2 aliphatic heterocycles. The Bertz CT molecular complexity index is 284. The van der Waals surface area contributed by atoms with Crippen LogP contribution >= 0.6 is 0 Å². The molecule has 2 saturated heterocycles. The Kier molecular flexibility index (Phi) is 6.76. The molecule has 116 valence electrons. The average molecular weight is 282 g/mol. The number of piperidine rings is 1. The quantitative estimate of drug-likeness (QED) is 0.760. The van der Waals surface area contributed by atoms with Crippen LogP contribution in [0.3, 0.4) is 0 Å². The molecule has 0 saturated carbocycles. The van der Waals surface area contributed by atoms with E-state index in [0.717, 1.165) is 39.1 Å². The van der Waals surface area contributed by atoms with Crippen LogP contribution in [0.4, 0.5) is 0 Å². The Morgan fingerprint density at radius 1 is 1.05 bits per heavy atom. The molecule has 2 heterocycles. The Hall–Kier alpha value is -0.650. The highest BCUT2D eigenvalue weighted by Crippen LogP contribution is 2.08. The number of hydrogen-bond acceptors (Lipinski definition) is 4. The molecule has 1 atom stereocenters. The molecule has 0 aliphatic carbocycles. The SMILES string of the molecule is CC(CN1CCCCC1)NC(=O)CN1CCCNCC1. The zero-order chi connectivity index (χ0) is 14.2. The molecule has 2 fully saturated rings. The number of amides is 1. The van der Waals surface area contributed by atoms with Crippen LogP contribution in [0.1, 0.15) is 32.6 Å². The third-order valence-corrected chi connectivity index (χ3v) is 4.19.